The van der Waals surface area contributed by atoms with Crippen molar-refractivity contribution < 1.29 is 4.39 Å². The minimum absolute atomic E-state index is 0.114. The van der Waals surface area contributed by atoms with Crippen molar-refractivity contribution in [3.63, 3.8) is 0 Å². The zero-order chi connectivity index (χ0) is 12.6. The number of hydrogen-bond donors (Lipinski definition) is 1. The van der Waals surface area contributed by atoms with Crippen LogP contribution in [0.5, 0.6) is 0 Å². The highest BCUT2D eigenvalue weighted by Gasteiger charge is 2.13. The smallest absolute Gasteiger partial charge is 0.145 e. The fraction of sp³-hybridized carbons (Fsp3) is 0.250. The predicted octanol–water partition coefficient (Wildman–Crippen LogP) is 3.02. The van der Waals surface area contributed by atoms with Crippen LogP contribution in [0.2, 0.25) is 5.02 Å². The van der Waals surface area contributed by atoms with Crippen molar-refractivity contribution in [2.24, 2.45) is 7.05 Å². The summed E-state index contributed by atoms with van der Waals surface area (Å²) in [5.41, 5.74) is 8.02. The molecule has 0 radical (unpaired) electrons. The first-order chi connectivity index (χ1) is 8.04. The van der Waals surface area contributed by atoms with E-state index in [2.05, 4.69) is 5.10 Å². The van der Waals surface area contributed by atoms with E-state index in [-0.39, 0.29) is 10.8 Å². The molecule has 17 heavy (non-hydrogen) atoms. The maximum Gasteiger partial charge on any atom is 0.145 e. The van der Waals surface area contributed by atoms with E-state index in [0.717, 1.165) is 11.1 Å². The quantitative estimate of drug-likeness (QED) is 0.894. The molecule has 1 aromatic carbocycles. The molecule has 0 aliphatic heterocycles. The molecule has 0 spiro atoms. The van der Waals surface area contributed by atoms with E-state index in [0.29, 0.717) is 17.8 Å². The van der Waals surface area contributed by atoms with Crippen LogP contribution in [0.4, 0.5) is 10.2 Å². The fourth-order valence-corrected chi connectivity index (χ4v) is 1.97. The molecule has 2 rings (SSSR count). The Morgan fingerprint density at radius 3 is 2.71 bits per heavy atom. The molecule has 3 nitrogen and oxygen atoms in total. The molecule has 1 aromatic heterocycles. The van der Waals surface area contributed by atoms with Crippen molar-refractivity contribution in [3.05, 3.63) is 34.7 Å². The largest absolute Gasteiger partial charge is 0.383 e. The number of aryl methyl sites for hydroxylation is 2. The van der Waals surface area contributed by atoms with Gasteiger partial charge in [-0.25, -0.2) is 4.39 Å². The van der Waals surface area contributed by atoms with Gasteiger partial charge >= 0.3 is 0 Å². The first-order valence-corrected chi connectivity index (χ1v) is 5.68. The average molecular weight is 254 g/mol. The lowest BCUT2D eigenvalue weighted by molar-refractivity contribution is 0.613. The summed E-state index contributed by atoms with van der Waals surface area (Å²) >= 11 is 5.86. The Morgan fingerprint density at radius 1 is 1.47 bits per heavy atom. The standard InChI is InChI=1S/C12H13ClFN3/c1-3-7-4-8(5-10(13)11(7)14)9-6-16-17(2)12(9)15/h4-6H,3,15H2,1-2H3. The molecular formula is C12H13ClFN3. The summed E-state index contributed by atoms with van der Waals surface area (Å²) in [6.07, 6.45) is 2.23. The lowest BCUT2D eigenvalue weighted by Gasteiger charge is -2.07. The Hall–Kier alpha value is -1.55. The fourth-order valence-electron chi connectivity index (χ4n) is 1.73. The number of aromatic nitrogens is 2. The van der Waals surface area contributed by atoms with E-state index in [1.54, 1.807) is 30.1 Å². The Kier molecular flexibility index (Phi) is 3.07. The molecule has 0 saturated heterocycles. The lowest BCUT2D eigenvalue weighted by Crippen LogP contribution is -1.98. The Balaban J connectivity index is 2.61. The summed E-state index contributed by atoms with van der Waals surface area (Å²) in [6.45, 7) is 1.88. The number of rotatable bonds is 2. The second kappa shape index (κ2) is 4.37. The van der Waals surface area contributed by atoms with Crippen LogP contribution in [0.3, 0.4) is 0 Å². The molecule has 1 heterocycles. The molecule has 0 aliphatic carbocycles. The molecule has 0 fully saturated rings. The van der Waals surface area contributed by atoms with Gasteiger partial charge in [0.1, 0.15) is 11.6 Å². The van der Waals surface area contributed by atoms with Crippen molar-refractivity contribution in [3.8, 4) is 11.1 Å². The van der Waals surface area contributed by atoms with Crippen LogP contribution in [0.1, 0.15) is 12.5 Å². The number of halogens is 2. The first-order valence-electron chi connectivity index (χ1n) is 5.30. The van der Waals surface area contributed by atoms with Gasteiger partial charge in [0.15, 0.2) is 0 Å². The van der Waals surface area contributed by atoms with E-state index in [1.807, 2.05) is 6.92 Å². The van der Waals surface area contributed by atoms with Gasteiger partial charge in [-0.3, -0.25) is 4.68 Å². The van der Waals surface area contributed by atoms with Crippen molar-refractivity contribution in [2.75, 3.05) is 5.73 Å². The monoisotopic (exact) mass is 253 g/mol. The van der Waals surface area contributed by atoms with E-state index >= 15 is 0 Å². The summed E-state index contributed by atoms with van der Waals surface area (Å²) in [5.74, 6) is 0.176. The third kappa shape index (κ3) is 2.00. The number of hydrogen-bond acceptors (Lipinski definition) is 2. The second-order valence-electron chi connectivity index (χ2n) is 3.85. The van der Waals surface area contributed by atoms with E-state index < -0.39 is 0 Å². The summed E-state index contributed by atoms with van der Waals surface area (Å²) in [6, 6.07) is 3.33. The molecule has 0 unspecified atom stereocenters. The minimum Gasteiger partial charge on any atom is -0.383 e. The molecular weight excluding hydrogens is 241 g/mol. The average Bonchev–Trinajstić information content (AvgIpc) is 2.64. The van der Waals surface area contributed by atoms with Crippen LogP contribution in [0, 0.1) is 5.82 Å². The Labute approximate surface area is 104 Å². The van der Waals surface area contributed by atoms with E-state index in [1.165, 1.54) is 0 Å². The van der Waals surface area contributed by atoms with Gasteiger partial charge in [0.25, 0.3) is 0 Å². The summed E-state index contributed by atoms with van der Waals surface area (Å²) in [7, 11) is 1.75. The van der Waals surface area contributed by atoms with E-state index in [4.69, 9.17) is 17.3 Å². The van der Waals surface area contributed by atoms with Gasteiger partial charge in [-0.1, -0.05) is 18.5 Å². The van der Waals surface area contributed by atoms with Crippen LogP contribution in [-0.4, -0.2) is 9.78 Å². The van der Waals surface area contributed by atoms with Crippen molar-refractivity contribution in [1.29, 1.82) is 0 Å². The predicted molar refractivity (Wildman–Crippen MR) is 67.4 cm³/mol. The van der Waals surface area contributed by atoms with Gasteiger partial charge in [-0.2, -0.15) is 5.10 Å². The molecule has 90 valence electrons. The number of nitrogens with zero attached hydrogens (tertiary/aromatic N) is 2. The van der Waals surface area contributed by atoms with Crippen LogP contribution in [0.25, 0.3) is 11.1 Å². The van der Waals surface area contributed by atoms with Gasteiger partial charge in [-0.15, -0.1) is 0 Å². The zero-order valence-corrected chi connectivity index (χ0v) is 10.4. The summed E-state index contributed by atoms with van der Waals surface area (Å²) < 4.78 is 15.2. The van der Waals surface area contributed by atoms with Crippen molar-refractivity contribution in [2.45, 2.75) is 13.3 Å². The Bertz CT molecular complexity index is 563. The first kappa shape index (κ1) is 11.9. The highest BCUT2D eigenvalue weighted by molar-refractivity contribution is 6.31. The molecule has 0 amide bonds. The molecule has 2 aromatic rings. The van der Waals surface area contributed by atoms with Gasteiger partial charge in [0.05, 0.1) is 11.2 Å². The van der Waals surface area contributed by atoms with Crippen LogP contribution >= 0.6 is 11.6 Å². The van der Waals surface area contributed by atoms with Crippen LogP contribution in [-0.2, 0) is 13.5 Å². The highest BCUT2D eigenvalue weighted by Crippen LogP contribution is 2.31. The van der Waals surface area contributed by atoms with E-state index in [9.17, 15) is 4.39 Å². The molecule has 0 bridgehead atoms. The van der Waals surface area contributed by atoms with Crippen LogP contribution in [0.15, 0.2) is 18.3 Å². The van der Waals surface area contributed by atoms with Gasteiger partial charge < -0.3 is 5.73 Å². The molecule has 0 aliphatic rings. The molecule has 5 heteroatoms. The molecule has 2 N–H and O–H groups in total. The topological polar surface area (TPSA) is 43.8 Å². The number of anilines is 1. The molecule has 0 saturated carbocycles. The summed E-state index contributed by atoms with van der Waals surface area (Å²) in [4.78, 5) is 0. The Morgan fingerprint density at radius 2 is 2.18 bits per heavy atom. The zero-order valence-electron chi connectivity index (χ0n) is 9.67. The maximum absolute atomic E-state index is 13.6. The number of nitrogen functional groups attached to an aromatic ring is 1. The third-order valence-electron chi connectivity index (χ3n) is 2.78. The number of benzene rings is 1. The van der Waals surface area contributed by atoms with Crippen LogP contribution < -0.4 is 5.73 Å². The third-order valence-corrected chi connectivity index (χ3v) is 3.06. The normalized spacial score (nSPS) is 10.8. The van der Waals surface area contributed by atoms with Crippen molar-refractivity contribution >= 4 is 17.4 Å². The lowest BCUT2D eigenvalue weighted by atomic mass is 10.0. The SMILES string of the molecule is CCc1cc(-c2cnn(C)c2N)cc(Cl)c1F. The van der Waals surface area contributed by atoms with Crippen molar-refractivity contribution in [1.82, 2.24) is 9.78 Å². The van der Waals surface area contributed by atoms with Gasteiger partial charge in [0.2, 0.25) is 0 Å². The van der Waals surface area contributed by atoms with Gasteiger partial charge in [0, 0.05) is 12.6 Å². The number of nitrogens with two attached hydrogens (primary N) is 1. The summed E-state index contributed by atoms with van der Waals surface area (Å²) in [5, 5.41) is 4.17. The second-order valence-corrected chi connectivity index (χ2v) is 4.26. The minimum atomic E-state index is -0.361. The highest BCUT2D eigenvalue weighted by atomic mass is 35.5. The van der Waals surface area contributed by atoms with Gasteiger partial charge in [-0.05, 0) is 29.7 Å². The maximum atomic E-state index is 13.6. The molecule has 0 atom stereocenters.